The Hall–Kier alpha value is -2.30. The fourth-order valence-corrected chi connectivity index (χ4v) is 2.24. The lowest BCUT2D eigenvalue weighted by atomic mass is 10.1. The van der Waals surface area contributed by atoms with Gasteiger partial charge in [0.2, 0.25) is 5.95 Å². The molecule has 0 saturated carbocycles. The molecule has 23 heavy (non-hydrogen) atoms. The van der Waals surface area contributed by atoms with Gasteiger partial charge in [-0.1, -0.05) is 31.9 Å². The van der Waals surface area contributed by atoms with Crippen molar-refractivity contribution >= 4 is 11.8 Å². The zero-order valence-electron chi connectivity index (χ0n) is 14.0. The Labute approximate surface area is 138 Å². The van der Waals surface area contributed by atoms with E-state index in [1.54, 1.807) is 13.3 Å². The van der Waals surface area contributed by atoms with Crippen molar-refractivity contribution in [3.05, 3.63) is 42.1 Å². The topological polar surface area (TPSA) is 59.1 Å². The number of hydrogen-bond donors (Lipinski definition) is 2. The number of ether oxygens (including phenoxy) is 1. The van der Waals surface area contributed by atoms with Crippen LogP contribution in [0, 0.1) is 0 Å². The molecule has 2 N–H and O–H groups in total. The van der Waals surface area contributed by atoms with Crippen molar-refractivity contribution in [1.29, 1.82) is 0 Å². The summed E-state index contributed by atoms with van der Waals surface area (Å²) < 4.78 is 5.16. The predicted octanol–water partition coefficient (Wildman–Crippen LogP) is 3.74. The first kappa shape index (κ1) is 17.1. The average molecular weight is 314 g/mol. The molecule has 0 unspecified atom stereocenters. The number of methoxy groups -OCH3 is 1. The minimum absolute atomic E-state index is 0.666. The van der Waals surface area contributed by atoms with E-state index in [0.29, 0.717) is 5.95 Å². The van der Waals surface area contributed by atoms with Crippen LogP contribution in [0.25, 0.3) is 0 Å². The molecule has 0 atom stereocenters. The van der Waals surface area contributed by atoms with Crippen molar-refractivity contribution in [2.24, 2.45) is 0 Å². The first-order valence-electron chi connectivity index (χ1n) is 8.25. The standard InChI is InChI=1S/C18H26N4O/c1-3-4-5-12-19-17-11-14-21-18(22-17)20-13-10-15-6-8-16(23-2)9-7-15/h6-9,11,14H,3-5,10,12-13H2,1-2H3,(H2,19,20,21,22). The van der Waals surface area contributed by atoms with E-state index in [-0.39, 0.29) is 0 Å². The van der Waals surface area contributed by atoms with E-state index in [2.05, 4.69) is 39.7 Å². The van der Waals surface area contributed by atoms with E-state index in [1.165, 1.54) is 24.8 Å². The van der Waals surface area contributed by atoms with Gasteiger partial charge in [0.1, 0.15) is 11.6 Å². The maximum absolute atomic E-state index is 5.16. The van der Waals surface area contributed by atoms with Gasteiger partial charge >= 0.3 is 0 Å². The van der Waals surface area contributed by atoms with Gasteiger partial charge in [0.15, 0.2) is 0 Å². The highest BCUT2D eigenvalue weighted by Gasteiger charge is 1.99. The van der Waals surface area contributed by atoms with Crippen molar-refractivity contribution in [2.75, 3.05) is 30.8 Å². The van der Waals surface area contributed by atoms with Crippen LogP contribution in [0.2, 0.25) is 0 Å². The molecule has 5 nitrogen and oxygen atoms in total. The molecule has 1 aromatic heterocycles. The second-order valence-electron chi connectivity index (χ2n) is 5.42. The quantitative estimate of drug-likeness (QED) is 0.654. The molecule has 0 aliphatic heterocycles. The number of anilines is 2. The highest BCUT2D eigenvalue weighted by Crippen LogP contribution is 2.12. The van der Waals surface area contributed by atoms with Crippen LogP contribution in [0.4, 0.5) is 11.8 Å². The Morgan fingerprint density at radius 1 is 1.00 bits per heavy atom. The monoisotopic (exact) mass is 314 g/mol. The summed E-state index contributed by atoms with van der Waals surface area (Å²) >= 11 is 0. The summed E-state index contributed by atoms with van der Waals surface area (Å²) in [6.45, 7) is 3.96. The number of unbranched alkanes of at least 4 members (excludes halogenated alkanes) is 2. The number of nitrogens with zero attached hydrogens (tertiary/aromatic N) is 2. The Morgan fingerprint density at radius 2 is 1.83 bits per heavy atom. The summed E-state index contributed by atoms with van der Waals surface area (Å²) in [5.41, 5.74) is 1.26. The molecule has 0 radical (unpaired) electrons. The van der Waals surface area contributed by atoms with Crippen molar-refractivity contribution in [2.45, 2.75) is 32.6 Å². The minimum atomic E-state index is 0.666. The van der Waals surface area contributed by atoms with Gasteiger partial charge in [0.25, 0.3) is 0 Å². The summed E-state index contributed by atoms with van der Waals surface area (Å²) in [5, 5.41) is 6.61. The molecule has 0 bridgehead atoms. The molecule has 124 valence electrons. The zero-order chi connectivity index (χ0) is 16.3. The number of hydrogen-bond acceptors (Lipinski definition) is 5. The first-order valence-corrected chi connectivity index (χ1v) is 8.25. The molecule has 0 spiro atoms. The van der Waals surface area contributed by atoms with E-state index >= 15 is 0 Å². The van der Waals surface area contributed by atoms with Crippen molar-refractivity contribution in [1.82, 2.24) is 9.97 Å². The zero-order valence-corrected chi connectivity index (χ0v) is 14.0. The van der Waals surface area contributed by atoms with Crippen LogP contribution in [0.15, 0.2) is 36.5 Å². The van der Waals surface area contributed by atoms with E-state index < -0.39 is 0 Å². The Morgan fingerprint density at radius 3 is 2.57 bits per heavy atom. The Bertz CT molecular complexity index is 571. The molecule has 5 heteroatoms. The van der Waals surface area contributed by atoms with Gasteiger partial charge in [-0.25, -0.2) is 4.98 Å². The second-order valence-corrected chi connectivity index (χ2v) is 5.42. The third-order valence-corrected chi connectivity index (χ3v) is 3.60. The molecule has 0 aliphatic carbocycles. The van der Waals surface area contributed by atoms with Crippen LogP contribution >= 0.6 is 0 Å². The van der Waals surface area contributed by atoms with Crippen LogP contribution in [0.3, 0.4) is 0 Å². The van der Waals surface area contributed by atoms with Gasteiger partial charge in [0, 0.05) is 19.3 Å². The highest BCUT2D eigenvalue weighted by molar-refractivity contribution is 5.39. The Balaban J connectivity index is 1.76. The van der Waals surface area contributed by atoms with Crippen LogP contribution in [-0.2, 0) is 6.42 Å². The van der Waals surface area contributed by atoms with E-state index in [0.717, 1.165) is 31.1 Å². The van der Waals surface area contributed by atoms with E-state index in [4.69, 9.17) is 4.74 Å². The summed E-state index contributed by atoms with van der Waals surface area (Å²) in [6.07, 6.45) is 6.34. The number of rotatable bonds is 10. The molecular formula is C18H26N4O. The molecular weight excluding hydrogens is 288 g/mol. The number of nitrogens with one attached hydrogen (secondary N) is 2. The van der Waals surface area contributed by atoms with Gasteiger partial charge in [-0.15, -0.1) is 0 Å². The maximum Gasteiger partial charge on any atom is 0.224 e. The smallest absolute Gasteiger partial charge is 0.224 e. The minimum Gasteiger partial charge on any atom is -0.497 e. The predicted molar refractivity (Wildman–Crippen MR) is 95.2 cm³/mol. The molecule has 0 fully saturated rings. The van der Waals surface area contributed by atoms with Crippen LogP contribution in [0.5, 0.6) is 5.75 Å². The lowest BCUT2D eigenvalue weighted by Gasteiger charge is -2.08. The molecule has 0 amide bonds. The fraction of sp³-hybridized carbons (Fsp3) is 0.444. The largest absolute Gasteiger partial charge is 0.497 e. The van der Waals surface area contributed by atoms with Crippen molar-refractivity contribution in [3.63, 3.8) is 0 Å². The molecule has 0 saturated heterocycles. The SMILES string of the molecule is CCCCCNc1ccnc(NCCc2ccc(OC)cc2)n1. The normalized spacial score (nSPS) is 10.3. The molecule has 2 aromatic rings. The molecule has 0 aliphatic rings. The lowest BCUT2D eigenvalue weighted by molar-refractivity contribution is 0.414. The van der Waals surface area contributed by atoms with Crippen LogP contribution in [0.1, 0.15) is 31.7 Å². The van der Waals surface area contributed by atoms with Gasteiger partial charge in [-0.05, 0) is 36.6 Å². The van der Waals surface area contributed by atoms with E-state index in [1.807, 2.05) is 18.2 Å². The van der Waals surface area contributed by atoms with Gasteiger partial charge in [0.05, 0.1) is 7.11 Å². The second kappa shape index (κ2) is 9.66. The lowest BCUT2D eigenvalue weighted by Crippen LogP contribution is -2.10. The van der Waals surface area contributed by atoms with Crippen LogP contribution < -0.4 is 15.4 Å². The fourth-order valence-electron chi connectivity index (χ4n) is 2.24. The summed E-state index contributed by atoms with van der Waals surface area (Å²) in [7, 11) is 1.68. The summed E-state index contributed by atoms with van der Waals surface area (Å²) in [5.74, 6) is 2.42. The van der Waals surface area contributed by atoms with Crippen LogP contribution in [-0.4, -0.2) is 30.2 Å². The van der Waals surface area contributed by atoms with Crippen molar-refractivity contribution < 1.29 is 4.74 Å². The van der Waals surface area contributed by atoms with Crippen molar-refractivity contribution in [3.8, 4) is 5.75 Å². The number of aromatic nitrogens is 2. The molecule has 2 rings (SSSR count). The Kier molecular flexibility index (Phi) is 7.17. The van der Waals surface area contributed by atoms with Gasteiger partial charge < -0.3 is 15.4 Å². The third kappa shape index (κ3) is 6.14. The third-order valence-electron chi connectivity index (χ3n) is 3.60. The number of benzene rings is 1. The highest BCUT2D eigenvalue weighted by atomic mass is 16.5. The average Bonchev–Trinajstić information content (AvgIpc) is 2.60. The summed E-state index contributed by atoms with van der Waals surface area (Å²) in [6, 6.07) is 10.0. The summed E-state index contributed by atoms with van der Waals surface area (Å²) in [4.78, 5) is 8.74. The van der Waals surface area contributed by atoms with Gasteiger partial charge in [-0.2, -0.15) is 4.98 Å². The van der Waals surface area contributed by atoms with Gasteiger partial charge in [-0.3, -0.25) is 0 Å². The maximum atomic E-state index is 5.16. The van der Waals surface area contributed by atoms with E-state index in [9.17, 15) is 0 Å². The first-order chi connectivity index (χ1) is 11.3. The molecule has 1 heterocycles. The molecule has 1 aromatic carbocycles.